The molecule has 0 saturated carbocycles. The van der Waals surface area contributed by atoms with E-state index in [0.29, 0.717) is 0 Å². The monoisotopic (exact) mass is 373 g/mol. The van der Waals surface area contributed by atoms with Crippen LogP contribution in [0.4, 0.5) is 10.5 Å². The molecule has 0 atom stereocenters. The Morgan fingerprint density at radius 1 is 1.23 bits per heavy atom. The Balaban J connectivity index is 1.52. The first-order chi connectivity index (χ1) is 12.7. The van der Waals surface area contributed by atoms with Crippen LogP contribution in [0.5, 0.6) is 0 Å². The standard InChI is InChI=1S/C19H27N5OS/c1-3-14-26-17-7-5-4-6-16(17)21-19(25)24-12-10-23(11-13-24)15-18-20-8-9-22(18)2/h4-9H,3,10-15H2,1-2H3,(H,21,25). The number of carbonyl (C=O) groups is 1. The average molecular weight is 374 g/mol. The van der Waals surface area contributed by atoms with Gasteiger partial charge < -0.3 is 14.8 Å². The number of amides is 2. The molecule has 1 aromatic carbocycles. The number of thioether (sulfide) groups is 1. The smallest absolute Gasteiger partial charge is 0.321 e. The second-order valence-corrected chi connectivity index (χ2v) is 7.63. The second kappa shape index (κ2) is 9.09. The fourth-order valence-electron chi connectivity index (χ4n) is 2.96. The summed E-state index contributed by atoms with van der Waals surface area (Å²) in [5.74, 6) is 2.11. The van der Waals surface area contributed by atoms with E-state index in [2.05, 4.69) is 28.2 Å². The Kier molecular flexibility index (Phi) is 6.57. The van der Waals surface area contributed by atoms with Gasteiger partial charge in [0.15, 0.2) is 0 Å². The third-order valence-electron chi connectivity index (χ3n) is 4.54. The number of urea groups is 1. The third kappa shape index (κ3) is 4.80. The summed E-state index contributed by atoms with van der Waals surface area (Å²) in [4.78, 5) is 22.4. The normalized spacial score (nSPS) is 15.2. The van der Waals surface area contributed by atoms with E-state index in [4.69, 9.17) is 0 Å². The Labute approximate surface area is 159 Å². The molecule has 7 heteroatoms. The van der Waals surface area contributed by atoms with Gasteiger partial charge in [-0.05, 0) is 24.3 Å². The Bertz CT molecular complexity index is 724. The lowest BCUT2D eigenvalue weighted by Gasteiger charge is -2.34. The van der Waals surface area contributed by atoms with Crippen molar-refractivity contribution in [1.82, 2.24) is 19.4 Å². The van der Waals surface area contributed by atoms with Crippen LogP contribution in [0, 0.1) is 0 Å². The largest absolute Gasteiger partial charge is 0.337 e. The molecule has 0 spiro atoms. The number of nitrogens with zero attached hydrogens (tertiary/aromatic N) is 4. The fourth-order valence-corrected chi connectivity index (χ4v) is 3.83. The highest BCUT2D eigenvalue weighted by molar-refractivity contribution is 7.99. The van der Waals surface area contributed by atoms with E-state index in [1.165, 1.54) is 0 Å². The van der Waals surface area contributed by atoms with Gasteiger partial charge in [0.1, 0.15) is 5.82 Å². The predicted octanol–water partition coefficient (Wildman–Crippen LogP) is 3.27. The van der Waals surface area contributed by atoms with Gasteiger partial charge in [0.05, 0.1) is 12.2 Å². The molecule has 2 amide bonds. The van der Waals surface area contributed by atoms with E-state index in [0.717, 1.165) is 61.3 Å². The summed E-state index contributed by atoms with van der Waals surface area (Å²) in [7, 11) is 2.01. The molecule has 1 N–H and O–H groups in total. The topological polar surface area (TPSA) is 53.4 Å². The Morgan fingerprint density at radius 2 is 2.00 bits per heavy atom. The summed E-state index contributed by atoms with van der Waals surface area (Å²) in [5.41, 5.74) is 0.909. The van der Waals surface area contributed by atoms with Crippen LogP contribution in [0.25, 0.3) is 0 Å². The van der Waals surface area contributed by atoms with Gasteiger partial charge in [0, 0.05) is 50.5 Å². The van der Waals surface area contributed by atoms with E-state index >= 15 is 0 Å². The summed E-state index contributed by atoms with van der Waals surface area (Å²) < 4.78 is 2.05. The SMILES string of the molecule is CCCSc1ccccc1NC(=O)N1CCN(Cc2nccn2C)CC1. The number of para-hydroxylation sites is 1. The minimum atomic E-state index is -0.00816. The maximum atomic E-state index is 12.6. The fraction of sp³-hybridized carbons (Fsp3) is 0.474. The van der Waals surface area contributed by atoms with Gasteiger partial charge in [-0.3, -0.25) is 4.90 Å². The first-order valence-electron chi connectivity index (χ1n) is 9.13. The molecule has 6 nitrogen and oxygen atoms in total. The van der Waals surface area contributed by atoms with Crippen molar-refractivity contribution in [2.24, 2.45) is 7.05 Å². The van der Waals surface area contributed by atoms with Crippen LogP contribution >= 0.6 is 11.8 Å². The first kappa shape index (κ1) is 18.8. The van der Waals surface area contributed by atoms with Gasteiger partial charge in [-0.2, -0.15) is 0 Å². The molecule has 26 heavy (non-hydrogen) atoms. The van der Waals surface area contributed by atoms with E-state index in [1.54, 1.807) is 11.8 Å². The number of benzene rings is 1. The van der Waals surface area contributed by atoms with Gasteiger partial charge in [0.2, 0.25) is 0 Å². The molecule has 0 unspecified atom stereocenters. The number of hydrogen-bond acceptors (Lipinski definition) is 4. The highest BCUT2D eigenvalue weighted by atomic mass is 32.2. The van der Waals surface area contributed by atoms with Crippen molar-refractivity contribution in [2.75, 3.05) is 37.2 Å². The molecule has 0 radical (unpaired) electrons. The Morgan fingerprint density at radius 3 is 2.69 bits per heavy atom. The lowest BCUT2D eigenvalue weighted by molar-refractivity contribution is 0.140. The number of piperazine rings is 1. The van der Waals surface area contributed by atoms with Crippen LogP contribution in [-0.2, 0) is 13.6 Å². The van der Waals surface area contributed by atoms with Crippen molar-refractivity contribution in [3.8, 4) is 0 Å². The van der Waals surface area contributed by atoms with Gasteiger partial charge in [-0.25, -0.2) is 9.78 Å². The summed E-state index contributed by atoms with van der Waals surface area (Å²) >= 11 is 1.79. The quantitative estimate of drug-likeness (QED) is 0.790. The molecule has 1 aliphatic heterocycles. The van der Waals surface area contributed by atoms with Gasteiger partial charge >= 0.3 is 6.03 Å². The maximum Gasteiger partial charge on any atom is 0.321 e. The molecule has 1 aliphatic rings. The summed E-state index contributed by atoms with van der Waals surface area (Å²) in [6.45, 7) is 6.20. The molecular formula is C19H27N5OS. The first-order valence-corrected chi connectivity index (χ1v) is 10.1. The highest BCUT2D eigenvalue weighted by Crippen LogP contribution is 2.27. The molecule has 2 aromatic rings. The minimum Gasteiger partial charge on any atom is -0.337 e. The van der Waals surface area contributed by atoms with E-state index in [-0.39, 0.29) is 6.03 Å². The van der Waals surface area contributed by atoms with E-state index in [1.807, 2.05) is 47.1 Å². The minimum absolute atomic E-state index is 0.00816. The average Bonchev–Trinajstić information content (AvgIpc) is 3.06. The Hall–Kier alpha value is -1.99. The molecule has 0 aliphatic carbocycles. The van der Waals surface area contributed by atoms with Gasteiger partial charge in [0.25, 0.3) is 0 Å². The predicted molar refractivity (Wildman–Crippen MR) is 107 cm³/mol. The van der Waals surface area contributed by atoms with Crippen LogP contribution in [0.15, 0.2) is 41.6 Å². The van der Waals surface area contributed by atoms with Crippen molar-refractivity contribution < 1.29 is 4.79 Å². The number of hydrogen-bond donors (Lipinski definition) is 1. The highest BCUT2D eigenvalue weighted by Gasteiger charge is 2.22. The zero-order valence-corrected chi connectivity index (χ0v) is 16.3. The van der Waals surface area contributed by atoms with Crippen molar-refractivity contribution in [1.29, 1.82) is 0 Å². The molecular weight excluding hydrogens is 346 g/mol. The number of imidazole rings is 1. The molecule has 3 rings (SSSR count). The maximum absolute atomic E-state index is 12.6. The molecule has 140 valence electrons. The number of aromatic nitrogens is 2. The summed E-state index contributed by atoms with van der Waals surface area (Å²) in [6, 6.07) is 8.03. The van der Waals surface area contributed by atoms with Crippen LogP contribution in [-0.4, -0.2) is 57.3 Å². The van der Waals surface area contributed by atoms with Crippen LogP contribution in [0.3, 0.4) is 0 Å². The van der Waals surface area contributed by atoms with E-state index in [9.17, 15) is 4.79 Å². The number of aryl methyl sites for hydroxylation is 1. The lowest BCUT2D eigenvalue weighted by atomic mass is 10.3. The third-order valence-corrected chi connectivity index (χ3v) is 5.82. The number of nitrogens with one attached hydrogen (secondary N) is 1. The zero-order valence-electron chi connectivity index (χ0n) is 15.5. The van der Waals surface area contributed by atoms with Crippen molar-refractivity contribution in [3.63, 3.8) is 0 Å². The molecule has 0 bridgehead atoms. The van der Waals surface area contributed by atoms with Crippen LogP contribution < -0.4 is 5.32 Å². The van der Waals surface area contributed by atoms with Gasteiger partial charge in [-0.1, -0.05) is 19.1 Å². The number of carbonyl (C=O) groups excluding carboxylic acids is 1. The zero-order chi connectivity index (χ0) is 18.4. The molecule has 1 aromatic heterocycles. The van der Waals surface area contributed by atoms with Gasteiger partial charge in [-0.15, -0.1) is 11.8 Å². The number of anilines is 1. The molecule has 2 heterocycles. The molecule has 1 saturated heterocycles. The van der Waals surface area contributed by atoms with Crippen molar-refractivity contribution in [3.05, 3.63) is 42.5 Å². The number of rotatable bonds is 6. The lowest BCUT2D eigenvalue weighted by Crippen LogP contribution is -2.49. The van der Waals surface area contributed by atoms with Crippen LogP contribution in [0.2, 0.25) is 0 Å². The van der Waals surface area contributed by atoms with E-state index < -0.39 is 0 Å². The molecule has 1 fully saturated rings. The second-order valence-electron chi connectivity index (χ2n) is 6.49. The summed E-state index contributed by atoms with van der Waals surface area (Å²) in [6.07, 6.45) is 4.91. The van der Waals surface area contributed by atoms with Crippen molar-refractivity contribution in [2.45, 2.75) is 24.8 Å². The van der Waals surface area contributed by atoms with Crippen molar-refractivity contribution >= 4 is 23.5 Å². The summed E-state index contributed by atoms with van der Waals surface area (Å²) in [5, 5.41) is 3.09. The van der Waals surface area contributed by atoms with Crippen LogP contribution in [0.1, 0.15) is 19.2 Å².